The summed E-state index contributed by atoms with van der Waals surface area (Å²) < 4.78 is 35.9. The summed E-state index contributed by atoms with van der Waals surface area (Å²) in [5, 5.41) is 3.27. The van der Waals surface area contributed by atoms with E-state index in [1.165, 1.54) is 0 Å². The van der Waals surface area contributed by atoms with Gasteiger partial charge in [0.2, 0.25) is 10.0 Å². The van der Waals surface area contributed by atoms with Crippen LogP contribution in [0.15, 0.2) is 23.1 Å². The second-order valence-corrected chi connectivity index (χ2v) is 7.47. The number of nitrogens with one attached hydrogen (secondary N) is 1. The van der Waals surface area contributed by atoms with Gasteiger partial charge in [-0.25, -0.2) is 8.42 Å². The summed E-state index contributed by atoms with van der Waals surface area (Å²) in [5.41, 5.74) is 1.12. The molecule has 0 amide bonds. The lowest BCUT2D eigenvalue weighted by molar-refractivity contribution is 0.271. The van der Waals surface area contributed by atoms with E-state index in [2.05, 4.69) is 14.1 Å². The zero-order valence-electron chi connectivity index (χ0n) is 11.8. The summed E-state index contributed by atoms with van der Waals surface area (Å²) in [7, 11) is -3.54. The molecular formula is C13H18N4O2S2. The number of piperidine rings is 1. The van der Waals surface area contributed by atoms with Crippen LogP contribution in [0.25, 0.3) is 11.0 Å². The van der Waals surface area contributed by atoms with Crippen LogP contribution in [0, 0.1) is 0 Å². The number of fused-ring (bicyclic) bond motifs is 1. The number of aromatic nitrogens is 2. The maximum absolute atomic E-state index is 13.0. The SMILES string of the molecule is CCN(C1CCNCC1)S(=O)(=O)c1cccc2nsnc12. The highest BCUT2D eigenvalue weighted by molar-refractivity contribution is 7.89. The molecule has 1 aliphatic rings. The topological polar surface area (TPSA) is 75.2 Å². The number of rotatable bonds is 4. The fraction of sp³-hybridized carbons (Fsp3) is 0.538. The summed E-state index contributed by atoms with van der Waals surface area (Å²) in [6, 6.07) is 5.21. The first-order chi connectivity index (χ1) is 10.1. The van der Waals surface area contributed by atoms with Gasteiger partial charge in [-0.05, 0) is 38.1 Å². The van der Waals surface area contributed by atoms with Gasteiger partial charge in [-0.3, -0.25) is 0 Å². The minimum absolute atomic E-state index is 0.0584. The molecule has 0 atom stereocenters. The monoisotopic (exact) mass is 326 g/mol. The first-order valence-electron chi connectivity index (χ1n) is 7.08. The Hall–Kier alpha value is -1.09. The molecular weight excluding hydrogens is 308 g/mol. The van der Waals surface area contributed by atoms with E-state index in [9.17, 15) is 8.42 Å². The first kappa shape index (κ1) is 14.8. The van der Waals surface area contributed by atoms with E-state index in [1.807, 2.05) is 6.92 Å². The van der Waals surface area contributed by atoms with Crippen molar-refractivity contribution in [3.05, 3.63) is 18.2 Å². The summed E-state index contributed by atoms with van der Waals surface area (Å²) in [6.45, 7) is 4.08. The standard InChI is InChI=1S/C13H18N4O2S2/c1-2-17(10-6-8-14-9-7-10)21(18,19)12-5-3-4-11-13(12)16-20-15-11/h3-5,10,14H,2,6-9H2,1H3. The fourth-order valence-corrected chi connectivity index (χ4v) is 5.28. The zero-order chi connectivity index (χ0) is 14.9. The Kier molecular flexibility index (Phi) is 4.21. The van der Waals surface area contributed by atoms with E-state index in [-0.39, 0.29) is 10.9 Å². The minimum atomic E-state index is -3.54. The predicted octanol–water partition coefficient (Wildman–Crippen LogP) is 1.45. The highest BCUT2D eigenvalue weighted by atomic mass is 32.2. The molecule has 2 aromatic rings. The molecule has 21 heavy (non-hydrogen) atoms. The van der Waals surface area contributed by atoms with Crippen LogP contribution in [0.3, 0.4) is 0 Å². The van der Waals surface area contributed by atoms with E-state index in [4.69, 9.17) is 0 Å². The third-order valence-corrected chi connectivity index (χ3v) is 6.46. The van der Waals surface area contributed by atoms with Crippen LogP contribution in [-0.4, -0.2) is 47.1 Å². The van der Waals surface area contributed by atoms with Crippen LogP contribution >= 0.6 is 11.7 Å². The lowest BCUT2D eigenvalue weighted by Crippen LogP contribution is -2.45. The van der Waals surface area contributed by atoms with E-state index in [0.717, 1.165) is 37.7 Å². The summed E-state index contributed by atoms with van der Waals surface area (Å²) in [5.74, 6) is 0. The third-order valence-electron chi connectivity index (χ3n) is 3.86. The van der Waals surface area contributed by atoms with Crippen molar-refractivity contribution in [2.75, 3.05) is 19.6 Å². The summed E-state index contributed by atoms with van der Waals surface area (Å²) in [6.07, 6.45) is 1.69. The molecule has 0 spiro atoms. The molecule has 0 bridgehead atoms. The second kappa shape index (κ2) is 5.96. The molecule has 0 unspecified atom stereocenters. The summed E-state index contributed by atoms with van der Waals surface area (Å²) >= 11 is 1.05. The van der Waals surface area contributed by atoms with E-state index in [0.29, 0.717) is 17.6 Å². The van der Waals surface area contributed by atoms with Crippen molar-refractivity contribution in [1.82, 2.24) is 18.4 Å². The van der Waals surface area contributed by atoms with Crippen molar-refractivity contribution >= 4 is 32.8 Å². The van der Waals surface area contributed by atoms with Crippen molar-refractivity contribution in [3.8, 4) is 0 Å². The first-order valence-corrected chi connectivity index (χ1v) is 9.25. The lowest BCUT2D eigenvalue weighted by Gasteiger charge is -2.32. The maximum Gasteiger partial charge on any atom is 0.245 e. The van der Waals surface area contributed by atoms with Crippen molar-refractivity contribution in [3.63, 3.8) is 0 Å². The van der Waals surface area contributed by atoms with Crippen LogP contribution in [-0.2, 0) is 10.0 Å². The van der Waals surface area contributed by atoms with Gasteiger partial charge in [0, 0.05) is 12.6 Å². The molecule has 0 radical (unpaired) electrons. The van der Waals surface area contributed by atoms with E-state index in [1.54, 1.807) is 22.5 Å². The Balaban J connectivity index is 2.03. The Morgan fingerprint density at radius 2 is 2.10 bits per heavy atom. The van der Waals surface area contributed by atoms with Crippen molar-refractivity contribution in [2.24, 2.45) is 0 Å². The number of benzene rings is 1. The molecule has 114 valence electrons. The Labute approximate surface area is 128 Å². The minimum Gasteiger partial charge on any atom is -0.317 e. The molecule has 1 aliphatic heterocycles. The van der Waals surface area contributed by atoms with Gasteiger partial charge in [0.15, 0.2) is 0 Å². The normalized spacial score (nSPS) is 17.6. The van der Waals surface area contributed by atoms with Crippen LogP contribution in [0.5, 0.6) is 0 Å². The summed E-state index contributed by atoms with van der Waals surface area (Å²) in [4.78, 5) is 0.272. The van der Waals surface area contributed by atoms with Gasteiger partial charge in [-0.1, -0.05) is 13.0 Å². The Bertz CT molecular complexity index is 723. The third kappa shape index (κ3) is 2.68. The van der Waals surface area contributed by atoms with Crippen LogP contribution in [0.1, 0.15) is 19.8 Å². The zero-order valence-corrected chi connectivity index (χ0v) is 13.5. The molecule has 1 fully saturated rings. The van der Waals surface area contributed by atoms with Crippen LogP contribution < -0.4 is 5.32 Å². The molecule has 1 N–H and O–H groups in total. The van der Waals surface area contributed by atoms with E-state index >= 15 is 0 Å². The van der Waals surface area contributed by atoms with E-state index < -0.39 is 10.0 Å². The van der Waals surface area contributed by atoms with Gasteiger partial charge in [-0.2, -0.15) is 13.1 Å². The number of hydrogen-bond donors (Lipinski definition) is 1. The quantitative estimate of drug-likeness (QED) is 0.920. The molecule has 0 saturated carbocycles. The average Bonchev–Trinajstić information content (AvgIpc) is 2.97. The van der Waals surface area contributed by atoms with Crippen molar-refractivity contribution < 1.29 is 8.42 Å². The van der Waals surface area contributed by atoms with Gasteiger partial charge in [0.05, 0.1) is 11.7 Å². The molecule has 1 saturated heterocycles. The second-order valence-electron chi connectivity index (χ2n) is 5.08. The highest BCUT2D eigenvalue weighted by Crippen LogP contribution is 2.27. The van der Waals surface area contributed by atoms with Crippen LogP contribution in [0.4, 0.5) is 0 Å². The number of sulfonamides is 1. The molecule has 0 aliphatic carbocycles. The molecule has 1 aromatic carbocycles. The predicted molar refractivity (Wildman–Crippen MR) is 82.9 cm³/mol. The number of hydrogen-bond acceptors (Lipinski definition) is 6. The van der Waals surface area contributed by atoms with Gasteiger partial charge in [0.25, 0.3) is 0 Å². The van der Waals surface area contributed by atoms with Gasteiger partial charge in [0.1, 0.15) is 15.9 Å². The lowest BCUT2D eigenvalue weighted by atomic mass is 10.1. The molecule has 8 heteroatoms. The molecule has 2 heterocycles. The molecule has 3 rings (SSSR count). The van der Waals surface area contributed by atoms with Gasteiger partial charge < -0.3 is 5.32 Å². The largest absolute Gasteiger partial charge is 0.317 e. The fourth-order valence-electron chi connectivity index (χ4n) is 2.83. The average molecular weight is 326 g/mol. The molecule has 6 nitrogen and oxygen atoms in total. The van der Waals surface area contributed by atoms with Gasteiger partial charge in [-0.15, -0.1) is 0 Å². The smallest absolute Gasteiger partial charge is 0.245 e. The molecule has 1 aromatic heterocycles. The van der Waals surface area contributed by atoms with Crippen molar-refractivity contribution in [2.45, 2.75) is 30.7 Å². The maximum atomic E-state index is 13.0. The van der Waals surface area contributed by atoms with Gasteiger partial charge >= 0.3 is 0 Å². The Morgan fingerprint density at radius 3 is 2.81 bits per heavy atom. The highest BCUT2D eigenvalue weighted by Gasteiger charge is 2.32. The van der Waals surface area contributed by atoms with Crippen molar-refractivity contribution in [1.29, 1.82) is 0 Å². The Morgan fingerprint density at radius 1 is 1.33 bits per heavy atom. The number of nitrogens with zero attached hydrogens (tertiary/aromatic N) is 3. The van der Waals surface area contributed by atoms with Crippen LogP contribution in [0.2, 0.25) is 0 Å².